The first kappa shape index (κ1) is 19.7. The van der Waals surface area contributed by atoms with Gasteiger partial charge in [-0.15, -0.1) is 23.2 Å². The number of unbranched alkanes of at least 4 members (excludes halogenated alkanes) is 6. The molecule has 0 aliphatic carbocycles. The first-order valence-corrected chi connectivity index (χ1v) is 9.42. The topological polar surface area (TPSA) is 55.8 Å². The van der Waals surface area contributed by atoms with Crippen molar-refractivity contribution in [2.45, 2.75) is 51.4 Å². The summed E-state index contributed by atoms with van der Waals surface area (Å²) < 4.78 is 21.2. The molecule has 0 aromatic carbocycles. The molecule has 0 heterocycles. The summed E-state index contributed by atoms with van der Waals surface area (Å²) in [5.74, 6) is 1.32. The van der Waals surface area contributed by atoms with Gasteiger partial charge in [0.05, 0.1) is 13.2 Å². The van der Waals surface area contributed by atoms with Gasteiger partial charge in [-0.05, 0) is 25.7 Å². The summed E-state index contributed by atoms with van der Waals surface area (Å²) in [5, 5.41) is 0. The normalized spacial score (nSPS) is 11.9. The van der Waals surface area contributed by atoms with E-state index < -0.39 is 7.82 Å². The van der Waals surface area contributed by atoms with Crippen LogP contribution in [0.25, 0.3) is 0 Å². The summed E-state index contributed by atoms with van der Waals surface area (Å²) in [6.45, 7) is 0.505. The molecule has 0 atom stereocenters. The Hall–Kier alpha value is 0.690. The Kier molecular flexibility index (Phi) is 14.2. The van der Waals surface area contributed by atoms with Crippen LogP contribution in [0.1, 0.15) is 51.4 Å². The molecule has 0 amide bonds. The van der Waals surface area contributed by atoms with E-state index in [1.807, 2.05) is 0 Å². The number of phosphoric acid groups is 1. The highest BCUT2D eigenvalue weighted by atomic mass is 35.5. The van der Waals surface area contributed by atoms with Crippen LogP contribution in [-0.2, 0) is 13.6 Å². The van der Waals surface area contributed by atoms with E-state index in [0.717, 1.165) is 51.4 Å². The molecule has 4 nitrogen and oxygen atoms in total. The quantitative estimate of drug-likeness (QED) is 0.283. The molecule has 0 aromatic heterocycles. The fourth-order valence-corrected chi connectivity index (χ4v) is 2.67. The van der Waals surface area contributed by atoms with Crippen molar-refractivity contribution in [3.63, 3.8) is 0 Å². The van der Waals surface area contributed by atoms with Gasteiger partial charge in [0.1, 0.15) is 0 Å². The van der Waals surface area contributed by atoms with Gasteiger partial charge in [-0.2, -0.15) is 0 Å². The molecule has 0 saturated carbocycles. The number of phosphoric ester groups is 1. The fourth-order valence-electron chi connectivity index (χ4n) is 1.50. The summed E-state index contributed by atoms with van der Waals surface area (Å²) in [6, 6.07) is 0. The lowest BCUT2D eigenvalue weighted by atomic mass is 10.2. The van der Waals surface area contributed by atoms with Crippen LogP contribution in [0.3, 0.4) is 0 Å². The molecular weight excluding hydrogens is 310 g/mol. The maximum absolute atomic E-state index is 11.5. The Bertz CT molecular complexity index is 222. The van der Waals surface area contributed by atoms with Crippen molar-refractivity contribution in [2.24, 2.45) is 0 Å². The highest BCUT2D eigenvalue weighted by molar-refractivity contribution is 7.47. The zero-order chi connectivity index (χ0) is 14.4. The number of alkyl halides is 2. The van der Waals surface area contributed by atoms with E-state index in [1.54, 1.807) is 0 Å². The number of rotatable bonds is 14. The van der Waals surface area contributed by atoms with Gasteiger partial charge in [-0.1, -0.05) is 25.7 Å². The Balaban J connectivity index is 3.39. The second kappa shape index (κ2) is 13.7. The zero-order valence-electron chi connectivity index (χ0n) is 11.4. The third-order valence-corrected chi connectivity index (χ3v) is 4.12. The van der Waals surface area contributed by atoms with Crippen molar-refractivity contribution < 1.29 is 18.5 Å². The van der Waals surface area contributed by atoms with Crippen molar-refractivity contribution in [3.8, 4) is 0 Å². The van der Waals surface area contributed by atoms with Crippen molar-refractivity contribution in [1.29, 1.82) is 0 Å². The standard InChI is InChI=1S/C12H25Cl2O4P/c13-9-5-1-3-7-11-17-19(15,16)18-12-8-4-2-6-10-14/h1-12H2,(H,15,16). The molecule has 7 heteroatoms. The van der Waals surface area contributed by atoms with Gasteiger partial charge in [0, 0.05) is 11.8 Å². The first-order valence-electron chi connectivity index (χ1n) is 6.86. The van der Waals surface area contributed by atoms with Crippen LogP contribution in [0.2, 0.25) is 0 Å². The zero-order valence-corrected chi connectivity index (χ0v) is 13.8. The van der Waals surface area contributed by atoms with Gasteiger partial charge >= 0.3 is 7.82 Å². The van der Waals surface area contributed by atoms with Crippen molar-refractivity contribution in [3.05, 3.63) is 0 Å². The second-order valence-corrected chi connectivity index (χ2v) is 6.55. The van der Waals surface area contributed by atoms with E-state index in [9.17, 15) is 9.46 Å². The van der Waals surface area contributed by atoms with Gasteiger partial charge in [-0.3, -0.25) is 9.05 Å². The van der Waals surface area contributed by atoms with Gasteiger partial charge in [0.2, 0.25) is 0 Å². The average Bonchev–Trinajstić information content (AvgIpc) is 2.38. The Morgan fingerprint density at radius 2 is 1.11 bits per heavy atom. The summed E-state index contributed by atoms with van der Waals surface area (Å²) >= 11 is 11.1. The third-order valence-electron chi connectivity index (χ3n) is 2.56. The molecule has 0 unspecified atom stereocenters. The van der Waals surface area contributed by atoms with Gasteiger partial charge in [0.25, 0.3) is 0 Å². The van der Waals surface area contributed by atoms with E-state index in [1.165, 1.54) is 0 Å². The molecule has 0 rings (SSSR count). The van der Waals surface area contributed by atoms with Crippen molar-refractivity contribution in [2.75, 3.05) is 25.0 Å². The molecule has 1 N–H and O–H groups in total. The smallest absolute Gasteiger partial charge is 0.302 e. The minimum absolute atomic E-state index is 0.252. The summed E-state index contributed by atoms with van der Waals surface area (Å²) in [4.78, 5) is 9.39. The molecule has 0 aliphatic rings. The largest absolute Gasteiger partial charge is 0.472 e. The Labute approximate surface area is 126 Å². The number of hydrogen-bond donors (Lipinski definition) is 1. The van der Waals surface area contributed by atoms with Crippen molar-refractivity contribution in [1.82, 2.24) is 0 Å². The van der Waals surface area contributed by atoms with Crippen LogP contribution >= 0.6 is 31.0 Å². The van der Waals surface area contributed by atoms with Gasteiger partial charge in [0.15, 0.2) is 0 Å². The summed E-state index contributed by atoms with van der Waals surface area (Å²) in [6.07, 6.45) is 7.37. The molecular formula is C12H25Cl2O4P. The molecule has 0 bridgehead atoms. The minimum Gasteiger partial charge on any atom is -0.302 e. The highest BCUT2D eigenvalue weighted by Gasteiger charge is 2.19. The number of halogens is 2. The third kappa shape index (κ3) is 14.9. The fraction of sp³-hybridized carbons (Fsp3) is 1.00. The Morgan fingerprint density at radius 3 is 1.47 bits per heavy atom. The molecule has 0 spiro atoms. The molecule has 0 aliphatic heterocycles. The van der Waals surface area contributed by atoms with Crippen LogP contribution in [0.4, 0.5) is 0 Å². The van der Waals surface area contributed by atoms with E-state index in [0.29, 0.717) is 11.8 Å². The Morgan fingerprint density at radius 1 is 0.737 bits per heavy atom. The second-order valence-electron chi connectivity index (χ2n) is 4.34. The monoisotopic (exact) mass is 334 g/mol. The maximum atomic E-state index is 11.5. The minimum atomic E-state index is -3.86. The summed E-state index contributed by atoms with van der Waals surface area (Å²) in [7, 11) is -3.86. The van der Waals surface area contributed by atoms with E-state index in [-0.39, 0.29) is 13.2 Å². The first-order chi connectivity index (χ1) is 9.12. The van der Waals surface area contributed by atoms with Gasteiger partial charge in [-0.25, -0.2) is 4.57 Å². The predicted octanol–water partition coefficient (Wildman–Crippen LogP) is 4.72. The lowest BCUT2D eigenvalue weighted by molar-refractivity contribution is 0.145. The highest BCUT2D eigenvalue weighted by Crippen LogP contribution is 2.43. The van der Waals surface area contributed by atoms with E-state index in [4.69, 9.17) is 32.2 Å². The predicted molar refractivity (Wildman–Crippen MR) is 80.1 cm³/mol. The van der Waals surface area contributed by atoms with Gasteiger partial charge < -0.3 is 4.89 Å². The van der Waals surface area contributed by atoms with E-state index >= 15 is 0 Å². The van der Waals surface area contributed by atoms with Crippen LogP contribution in [0.15, 0.2) is 0 Å². The van der Waals surface area contributed by atoms with Crippen LogP contribution in [0, 0.1) is 0 Å². The molecule has 19 heavy (non-hydrogen) atoms. The van der Waals surface area contributed by atoms with Crippen LogP contribution in [-0.4, -0.2) is 29.9 Å². The van der Waals surface area contributed by atoms with Crippen LogP contribution < -0.4 is 0 Å². The lowest BCUT2D eigenvalue weighted by Crippen LogP contribution is -1.99. The lowest BCUT2D eigenvalue weighted by Gasteiger charge is -2.11. The van der Waals surface area contributed by atoms with E-state index in [2.05, 4.69) is 0 Å². The molecule has 0 aromatic rings. The molecule has 0 radical (unpaired) electrons. The molecule has 0 saturated heterocycles. The average molecular weight is 335 g/mol. The molecule has 0 fully saturated rings. The van der Waals surface area contributed by atoms with Crippen LogP contribution in [0.5, 0.6) is 0 Å². The maximum Gasteiger partial charge on any atom is 0.472 e. The number of hydrogen-bond acceptors (Lipinski definition) is 3. The summed E-state index contributed by atoms with van der Waals surface area (Å²) in [5.41, 5.74) is 0. The molecule has 116 valence electrons. The SMILES string of the molecule is O=P(O)(OCCCCCCCl)OCCCCCCCl. The van der Waals surface area contributed by atoms with Crippen molar-refractivity contribution >= 4 is 31.0 Å².